The molecule has 14 heavy (non-hydrogen) atoms. The standard InChI is InChI=1S/C10H14N4/c1-6(2)10-8(4)14-9(11-12-10)5-7(3)13-14/h5-6H,1-4H3. The van der Waals surface area contributed by atoms with Crippen molar-refractivity contribution in [2.75, 3.05) is 0 Å². The number of rotatable bonds is 1. The van der Waals surface area contributed by atoms with Crippen molar-refractivity contribution < 1.29 is 0 Å². The molecule has 0 spiro atoms. The maximum absolute atomic E-state index is 4.37. The van der Waals surface area contributed by atoms with E-state index >= 15 is 0 Å². The van der Waals surface area contributed by atoms with E-state index in [-0.39, 0.29) is 0 Å². The SMILES string of the molecule is Cc1cc2nnc(C(C)C)c(C)n2n1. The minimum atomic E-state index is 0.386. The monoisotopic (exact) mass is 190 g/mol. The Morgan fingerprint density at radius 2 is 1.93 bits per heavy atom. The second kappa shape index (κ2) is 3.04. The predicted octanol–water partition coefficient (Wildman–Crippen LogP) is 1.86. The summed E-state index contributed by atoms with van der Waals surface area (Å²) in [6, 6.07) is 1.93. The summed E-state index contributed by atoms with van der Waals surface area (Å²) in [5, 5.41) is 12.7. The molecule has 0 unspecified atom stereocenters. The third kappa shape index (κ3) is 1.27. The first-order valence-electron chi connectivity index (χ1n) is 4.79. The molecule has 2 rings (SSSR count). The second-order valence-electron chi connectivity index (χ2n) is 3.88. The Hall–Kier alpha value is -1.45. The van der Waals surface area contributed by atoms with Gasteiger partial charge in [-0.3, -0.25) is 0 Å². The van der Waals surface area contributed by atoms with E-state index in [0.717, 1.165) is 22.7 Å². The molecule has 2 aromatic heterocycles. The van der Waals surface area contributed by atoms with Gasteiger partial charge in [0.05, 0.1) is 17.1 Å². The van der Waals surface area contributed by atoms with Crippen LogP contribution >= 0.6 is 0 Å². The van der Waals surface area contributed by atoms with Crippen molar-refractivity contribution in [3.8, 4) is 0 Å². The normalized spacial score (nSPS) is 11.5. The van der Waals surface area contributed by atoms with Crippen molar-refractivity contribution in [1.29, 1.82) is 0 Å². The van der Waals surface area contributed by atoms with E-state index in [0.29, 0.717) is 5.92 Å². The average molecular weight is 190 g/mol. The molecule has 0 aromatic carbocycles. The van der Waals surface area contributed by atoms with Crippen LogP contribution in [-0.2, 0) is 0 Å². The van der Waals surface area contributed by atoms with Gasteiger partial charge in [-0.2, -0.15) is 10.2 Å². The van der Waals surface area contributed by atoms with Crippen molar-refractivity contribution in [1.82, 2.24) is 19.8 Å². The highest BCUT2D eigenvalue weighted by atomic mass is 15.3. The molecule has 0 saturated carbocycles. The average Bonchev–Trinajstić information content (AvgIpc) is 2.46. The molecule has 0 amide bonds. The van der Waals surface area contributed by atoms with Crippen LogP contribution < -0.4 is 0 Å². The Bertz CT molecular complexity index is 470. The van der Waals surface area contributed by atoms with E-state index in [1.165, 1.54) is 0 Å². The van der Waals surface area contributed by atoms with Crippen LogP contribution in [-0.4, -0.2) is 19.8 Å². The number of fused-ring (bicyclic) bond motifs is 1. The fourth-order valence-corrected chi connectivity index (χ4v) is 1.62. The zero-order valence-corrected chi connectivity index (χ0v) is 8.94. The van der Waals surface area contributed by atoms with Crippen molar-refractivity contribution in [2.45, 2.75) is 33.6 Å². The highest BCUT2D eigenvalue weighted by Crippen LogP contribution is 2.16. The van der Waals surface area contributed by atoms with Crippen molar-refractivity contribution in [2.24, 2.45) is 0 Å². The third-order valence-electron chi connectivity index (χ3n) is 2.31. The number of hydrogen-bond acceptors (Lipinski definition) is 3. The van der Waals surface area contributed by atoms with Crippen LogP contribution in [0.3, 0.4) is 0 Å². The molecule has 0 aliphatic carbocycles. The van der Waals surface area contributed by atoms with Gasteiger partial charge in [0.2, 0.25) is 0 Å². The summed E-state index contributed by atoms with van der Waals surface area (Å²) in [5.74, 6) is 0.386. The molecule has 2 aromatic rings. The lowest BCUT2D eigenvalue weighted by Crippen LogP contribution is -2.06. The molecule has 0 saturated heterocycles. The predicted molar refractivity (Wildman–Crippen MR) is 54.3 cm³/mol. The van der Waals surface area contributed by atoms with Gasteiger partial charge in [0, 0.05) is 6.07 Å². The van der Waals surface area contributed by atoms with Crippen LogP contribution in [0.2, 0.25) is 0 Å². The molecular formula is C10H14N4. The van der Waals surface area contributed by atoms with Gasteiger partial charge in [-0.05, 0) is 19.8 Å². The Balaban J connectivity index is 2.74. The first-order chi connectivity index (χ1) is 6.59. The minimum absolute atomic E-state index is 0.386. The molecule has 0 N–H and O–H groups in total. The second-order valence-corrected chi connectivity index (χ2v) is 3.88. The van der Waals surface area contributed by atoms with Gasteiger partial charge in [-0.15, -0.1) is 5.10 Å². The third-order valence-corrected chi connectivity index (χ3v) is 2.31. The molecule has 0 fully saturated rings. The van der Waals surface area contributed by atoms with Gasteiger partial charge in [0.15, 0.2) is 5.65 Å². The maximum Gasteiger partial charge on any atom is 0.177 e. The van der Waals surface area contributed by atoms with E-state index in [2.05, 4.69) is 29.1 Å². The highest BCUT2D eigenvalue weighted by Gasteiger charge is 2.10. The lowest BCUT2D eigenvalue weighted by molar-refractivity contribution is 0.726. The van der Waals surface area contributed by atoms with E-state index in [4.69, 9.17) is 0 Å². The molecule has 0 radical (unpaired) electrons. The minimum Gasteiger partial charge on any atom is -0.216 e. The van der Waals surface area contributed by atoms with Crippen molar-refractivity contribution >= 4 is 5.65 Å². The molecule has 4 heteroatoms. The Labute approximate surface area is 83.0 Å². The fourth-order valence-electron chi connectivity index (χ4n) is 1.62. The summed E-state index contributed by atoms with van der Waals surface area (Å²) in [5.41, 5.74) is 3.89. The zero-order chi connectivity index (χ0) is 10.3. The van der Waals surface area contributed by atoms with Crippen LogP contribution in [0.4, 0.5) is 0 Å². The number of hydrogen-bond donors (Lipinski definition) is 0. The van der Waals surface area contributed by atoms with Crippen LogP contribution in [0.5, 0.6) is 0 Å². The van der Waals surface area contributed by atoms with Crippen LogP contribution in [0.15, 0.2) is 6.07 Å². The van der Waals surface area contributed by atoms with Crippen molar-refractivity contribution in [3.63, 3.8) is 0 Å². The molecule has 0 aliphatic heterocycles. The summed E-state index contributed by atoms with van der Waals surface area (Å²) >= 11 is 0. The number of aryl methyl sites for hydroxylation is 2. The first-order valence-corrected chi connectivity index (χ1v) is 4.79. The van der Waals surface area contributed by atoms with E-state index in [1.807, 2.05) is 24.4 Å². The molecular weight excluding hydrogens is 176 g/mol. The van der Waals surface area contributed by atoms with Crippen LogP contribution in [0.25, 0.3) is 5.65 Å². The van der Waals surface area contributed by atoms with Gasteiger partial charge in [0.1, 0.15) is 0 Å². The Kier molecular flexibility index (Phi) is 1.98. The first kappa shape index (κ1) is 9.12. The smallest absolute Gasteiger partial charge is 0.177 e. The van der Waals surface area contributed by atoms with Gasteiger partial charge in [-0.1, -0.05) is 13.8 Å². The van der Waals surface area contributed by atoms with E-state index in [1.54, 1.807) is 0 Å². The summed E-state index contributed by atoms with van der Waals surface area (Å²) < 4.78 is 1.86. The van der Waals surface area contributed by atoms with Gasteiger partial charge < -0.3 is 0 Å². The summed E-state index contributed by atoms with van der Waals surface area (Å²) in [4.78, 5) is 0. The number of nitrogens with zero attached hydrogens (tertiary/aromatic N) is 4. The Morgan fingerprint density at radius 3 is 2.57 bits per heavy atom. The number of aromatic nitrogens is 4. The summed E-state index contributed by atoms with van der Waals surface area (Å²) in [6.45, 7) is 8.21. The summed E-state index contributed by atoms with van der Waals surface area (Å²) in [6.07, 6.45) is 0. The van der Waals surface area contributed by atoms with Gasteiger partial charge in [0.25, 0.3) is 0 Å². The van der Waals surface area contributed by atoms with Crippen molar-refractivity contribution in [3.05, 3.63) is 23.1 Å². The van der Waals surface area contributed by atoms with Gasteiger partial charge >= 0.3 is 0 Å². The van der Waals surface area contributed by atoms with Gasteiger partial charge in [-0.25, -0.2) is 4.52 Å². The lowest BCUT2D eigenvalue weighted by atomic mass is 10.1. The lowest BCUT2D eigenvalue weighted by Gasteiger charge is -2.07. The molecule has 2 heterocycles. The molecule has 4 nitrogen and oxygen atoms in total. The molecule has 0 atom stereocenters. The maximum atomic E-state index is 4.37. The zero-order valence-electron chi connectivity index (χ0n) is 8.94. The summed E-state index contributed by atoms with van der Waals surface area (Å²) in [7, 11) is 0. The van der Waals surface area contributed by atoms with Crippen LogP contribution in [0, 0.1) is 13.8 Å². The fraction of sp³-hybridized carbons (Fsp3) is 0.500. The largest absolute Gasteiger partial charge is 0.216 e. The quantitative estimate of drug-likeness (QED) is 0.689. The highest BCUT2D eigenvalue weighted by molar-refractivity contribution is 5.39. The van der Waals surface area contributed by atoms with Crippen LogP contribution in [0.1, 0.15) is 36.8 Å². The van der Waals surface area contributed by atoms with E-state index in [9.17, 15) is 0 Å². The Morgan fingerprint density at radius 1 is 1.21 bits per heavy atom. The molecule has 0 aliphatic rings. The topological polar surface area (TPSA) is 43.1 Å². The molecule has 74 valence electrons. The molecule has 0 bridgehead atoms. The van der Waals surface area contributed by atoms with E-state index < -0.39 is 0 Å².